The monoisotopic (exact) mass is 355 g/mol. The number of nitrogens with zero attached hydrogens (tertiary/aromatic N) is 1. The van der Waals surface area contributed by atoms with Crippen molar-refractivity contribution in [2.24, 2.45) is 0 Å². The predicted octanol–water partition coefficient (Wildman–Crippen LogP) is 2.79. The zero-order valence-corrected chi connectivity index (χ0v) is 14.7. The van der Waals surface area contributed by atoms with Gasteiger partial charge in [0.1, 0.15) is 5.82 Å². The van der Waals surface area contributed by atoms with Crippen molar-refractivity contribution in [2.75, 3.05) is 18.9 Å². The van der Waals surface area contributed by atoms with E-state index in [1.165, 1.54) is 6.07 Å². The van der Waals surface area contributed by atoms with Gasteiger partial charge < -0.3 is 10.6 Å². The normalized spacial score (nSPS) is 13.5. The summed E-state index contributed by atoms with van der Waals surface area (Å²) in [6, 6.07) is 13.7. The average Bonchev–Trinajstić information content (AvgIpc) is 3.48. The number of hydrogen-bond donors (Lipinski definition) is 2. The third-order valence-electron chi connectivity index (χ3n) is 4.40. The van der Waals surface area contributed by atoms with Crippen LogP contribution in [0.15, 0.2) is 48.5 Å². The molecule has 0 bridgehead atoms. The van der Waals surface area contributed by atoms with Crippen LogP contribution in [0.4, 0.5) is 10.1 Å². The molecule has 0 atom stereocenters. The van der Waals surface area contributed by atoms with Gasteiger partial charge in [-0.3, -0.25) is 14.5 Å². The Hall–Kier alpha value is -2.73. The van der Waals surface area contributed by atoms with Crippen molar-refractivity contribution < 1.29 is 14.0 Å². The molecule has 136 valence electrons. The van der Waals surface area contributed by atoms with Crippen molar-refractivity contribution in [3.63, 3.8) is 0 Å². The molecule has 0 aromatic heterocycles. The lowest BCUT2D eigenvalue weighted by Crippen LogP contribution is -2.34. The van der Waals surface area contributed by atoms with E-state index in [0.717, 1.165) is 12.8 Å². The number of benzene rings is 2. The highest BCUT2D eigenvalue weighted by Gasteiger charge is 2.30. The molecule has 2 amide bonds. The van der Waals surface area contributed by atoms with Crippen LogP contribution in [-0.4, -0.2) is 36.3 Å². The summed E-state index contributed by atoms with van der Waals surface area (Å²) < 4.78 is 13.9. The minimum Gasteiger partial charge on any atom is -0.355 e. The molecular weight excluding hydrogens is 333 g/mol. The summed E-state index contributed by atoms with van der Waals surface area (Å²) in [6.45, 7) is 0.622. The van der Waals surface area contributed by atoms with Crippen LogP contribution in [0.2, 0.25) is 0 Å². The Morgan fingerprint density at radius 2 is 1.81 bits per heavy atom. The molecule has 2 aromatic carbocycles. The summed E-state index contributed by atoms with van der Waals surface area (Å²) in [5, 5.41) is 5.38. The summed E-state index contributed by atoms with van der Waals surface area (Å²) in [5.74, 6) is -0.572. The van der Waals surface area contributed by atoms with Crippen molar-refractivity contribution in [3.05, 3.63) is 65.5 Å². The van der Waals surface area contributed by atoms with E-state index in [1.54, 1.807) is 49.5 Å². The van der Waals surface area contributed by atoms with Crippen LogP contribution in [0.25, 0.3) is 0 Å². The van der Waals surface area contributed by atoms with Gasteiger partial charge in [0, 0.05) is 36.4 Å². The number of amides is 2. The Bertz CT molecular complexity index is 788. The number of anilines is 1. The van der Waals surface area contributed by atoms with Crippen LogP contribution in [0.3, 0.4) is 0 Å². The third kappa shape index (κ3) is 4.67. The molecule has 1 saturated carbocycles. The average molecular weight is 355 g/mol. The lowest BCUT2D eigenvalue weighted by Gasteiger charge is -2.21. The first-order valence-corrected chi connectivity index (χ1v) is 8.66. The van der Waals surface area contributed by atoms with Gasteiger partial charge in [0.05, 0.1) is 6.54 Å². The van der Waals surface area contributed by atoms with Gasteiger partial charge in [-0.1, -0.05) is 18.2 Å². The van der Waals surface area contributed by atoms with Gasteiger partial charge in [0.25, 0.3) is 5.91 Å². The van der Waals surface area contributed by atoms with Crippen molar-refractivity contribution in [3.8, 4) is 0 Å². The van der Waals surface area contributed by atoms with Gasteiger partial charge in [0.2, 0.25) is 5.91 Å². The largest absolute Gasteiger partial charge is 0.355 e. The lowest BCUT2D eigenvalue weighted by molar-refractivity contribution is -0.117. The smallest absolute Gasteiger partial charge is 0.251 e. The minimum absolute atomic E-state index is 0.152. The van der Waals surface area contributed by atoms with E-state index < -0.39 is 0 Å². The molecular formula is C20H22FN3O2. The second-order valence-corrected chi connectivity index (χ2v) is 6.43. The molecule has 1 aliphatic carbocycles. The Labute approximate surface area is 152 Å². The molecule has 2 aromatic rings. The molecule has 5 nitrogen and oxygen atoms in total. The maximum absolute atomic E-state index is 13.9. The van der Waals surface area contributed by atoms with Crippen LogP contribution in [0, 0.1) is 5.82 Å². The zero-order chi connectivity index (χ0) is 18.5. The molecule has 2 N–H and O–H groups in total. The fraction of sp³-hybridized carbons (Fsp3) is 0.300. The third-order valence-corrected chi connectivity index (χ3v) is 4.40. The van der Waals surface area contributed by atoms with Crippen LogP contribution in [0.5, 0.6) is 0 Å². The molecule has 0 unspecified atom stereocenters. The molecule has 3 rings (SSSR count). The van der Waals surface area contributed by atoms with Gasteiger partial charge in [-0.15, -0.1) is 0 Å². The Morgan fingerprint density at radius 1 is 1.12 bits per heavy atom. The van der Waals surface area contributed by atoms with E-state index in [2.05, 4.69) is 10.6 Å². The van der Waals surface area contributed by atoms with Gasteiger partial charge in [0.15, 0.2) is 0 Å². The number of carbonyl (C=O) groups is 2. The van der Waals surface area contributed by atoms with Crippen LogP contribution in [-0.2, 0) is 11.3 Å². The first kappa shape index (κ1) is 18.1. The highest BCUT2D eigenvalue weighted by atomic mass is 19.1. The minimum atomic E-state index is -0.247. The van der Waals surface area contributed by atoms with Crippen LogP contribution < -0.4 is 10.6 Å². The van der Waals surface area contributed by atoms with E-state index in [1.807, 2.05) is 4.90 Å². The Morgan fingerprint density at radius 3 is 2.42 bits per heavy atom. The molecule has 1 aliphatic rings. The first-order chi connectivity index (χ1) is 12.6. The number of nitrogens with one attached hydrogen (secondary N) is 2. The second-order valence-electron chi connectivity index (χ2n) is 6.43. The maximum Gasteiger partial charge on any atom is 0.251 e. The Kier molecular flexibility index (Phi) is 5.63. The summed E-state index contributed by atoms with van der Waals surface area (Å²) in [6.07, 6.45) is 2.06. The molecule has 0 saturated heterocycles. The van der Waals surface area contributed by atoms with Gasteiger partial charge in [-0.2, -0.15) is 0 Å². The second kappa shape index (κ2) is 8.10. The van der Waals surface area contributed by atoms with E-state index in [-0.39, 0.29) is 24.2 Å². The molecule has 1 fully saturated rings. The van der Waals surface area contributed by atoms with E-state index in [0.29, 0.717) is 29.4 Å². The fourth-order valence-electron chi connectivity index (χ4n) is 2.83. The highest BCUT2D eigenvalue weighted by Crippen LogP contribution is 2.28. The molecule has 26 heavy (non-hydrogen) atoms. The van der Waals surface area contributed by atoms with E-state index in [4.69, 9.17) is 0 Å². The molecule has 0 heterocycles. The van der Waals surface area contributed by atoms with Gasteiger partial charge in [-0.05, 0) is 43.2 Å². The summed E-state index contributed by atoms with van der Waals surface area (Å²) >= 11 is 0. The lowest BCUT2D eigenvalue weighted by atomic mass is 10.2. The Balaban J connectivity index is 1.60. The SMILES string of the molecule is CNC(=O)c1ccc(NC(=O)CN(Cc2ccccc2F)C2CC2)cc1. The number of halogens is 1. The maximum atomic E-state index is 13.9. The van der Waals surface area contributed by atoms with Crippen molar-refractivity contribution >= 4 is 17.5 Å². The number of hydrogen-bond acceptors (Lipinski definition) is 3. The first-order valence-electron chi connectivity index (χ1n) is 8.66. The number of carbonyl (C=O) groups excluding carboxylic acids is 2. The van der Waals surface area contributed by atoms with Crippen molar-refractivity contribution in [1.82, 2.24) is 10.2 Å². The molecule has 0 radical (unpaired) electrons. The van der Waals surface area contributed by atoms with Gasteiger partial charge in [-0.25, -0.2) is 4.39 Å². The highest BCUT2D eigenvalue weighted by molar-refractivity contribution is 5.96. The number of rotatable bonds is 7. The summed E-state index contributed by atoms with van der Waals surface area (Å²) in [7, 11) is 1.57. The van der Waals surface area contributed by atoms with Gasteiger partial charge >= 0.3 is 0 Å². The molecule has 0 aliphatic heterocycles. The van der Waals surface area contributed by atoms with E-state index >= 15 is 0 Å². The summed E-state index contributed by atoms with van der Waals surface area (Å²) in [4.78, 5) is 25.9. The van der Waals surface area contributed by atoms with Crippen LogP contribution in [0.1, 0.15) is 28.8 Å². The fourth-order valence-corrected chi connectivity index (χ4v) is 2.83. The molecule has 0 spiro atoms. The summed E-state index contributed by atoms with van der Waals surface area (Å²) in [5.41, 5.74) is 1.76. The zero-order valence-electron chi connectivity index (χ0n) is 14.7. The van der Waals surface area contributed by atoms with E-state index in [9.17, 15) is 14.0 Å². The topological polar surface area (TPSA) is 61.4 Å². The van der Waals surface area contributed by atoms with Crippen molar-refractivity contribution in [2.45, 2.75) is 25.4 Å². The van der Waals surface area contributed by atoms with Crippen LogP contribution >= 0.6 is 0 Å². The van der Waals surface area contributed by atoms with Crippen molar-refractivity contribution in [1.29, 1.82) is 0 Å². The predicted molar refractivity (Wildman–Crippen MR) is 98.3 cm³/mol. The standard InChI is InChI=1S/C20H22FN3O2/c1-22-20(26)14-6-8-16(9-7-14)23-19(25)13-24(17-10-11-17)12-15-4-2-3-5-18(15)21/h2-9,17H,10-13H2,1H3,(H,22,26)(H,23,25). The molecule has 6 heteroatoms. The quantitative estimate of drug-likeness (QED) is 0.803.